The minimum atomic E-state index is -4.42. The lowest BCUT2D eigenvalue weighted by Crippen LogP contribution is -2.32. The fourth-order valence-corrected chi connectivity index (χ4v) is 1.34. The zero-order valence-electron chi connectivity index (χ0n) is 10.4. The monoisotopic (exact) mass is 263 g/mol. The van der Waals surface area contributed by atoms with Crippen LogP contribution in [0.3, 0.4) is 0 Å². The van der Waals surface area contributed by atoms with E-state index >= 15 is 0 Å². The van der Waals surface area contributed by atoms with Crippen molar-refractivity contribution in [2.24, 2.45) is 0 Å². The van der Waals surface area contributed by atoms with E-state index in [1.165, 1.54) is 11.9 Å². The molecule has 0 bridgehead atoms. The Balaban J connectivity index is 3.20. The number of pyridine rings is 1. The Hall–Kier alpha value is -1.50. The SMILES string of the molecule is CNc1cc(C(F)(F)F)cc(N(C)C(C)CO)n1. The third-order valence-electron chi connectivity index (χ3n) is 2.68. The van der Waals surface area contributed by atoms with E-state index in [4.69, 9.17) is 5.11 Å². The summed E-state index contributed by atoms with van der Waals surface area (Å²) in [5.74, 6) is 0.299. The van der Waals surface area contributed by atoms with Gasteiger partial charge in [-0.15, -0.1) is 0 Å². The zero-order valence-corrected chi connectivity index (χ0v) is 10.4. The van der Waals surface area contributed by atoms with E-state index in [2.05, 4.69) is 10.3 Å². The first-order valence-electron chi connectivity index (χ1n) is 5.40. The summed E-state index contributed by atoms with van der Waals surface area (Å²) >= 11 is 0. The first-order valence-corrected chi connectivity index (χ1v) is 5.40. The minimum Gasteiger partial charge on any atom is -0.394 e. The van der Waals surface area contributed by atoms with Crippen LogP contribution in [0.2, 0.25) is 0 Å². The van der Waals surface area contributed by atoms with Gasteiger partial charge in [-0.2, -0.15) is 13.2 Å². The number of aromatic nitrogens is 1. The van der Waals surface area contributed by atoms with Gasteiger partial charge >= 0.3 is 6.18 Å². The molecule has 102 valence electrons. The summed E-state index contributed by atoms with van der Waals surface area (Å²) in [5.41, 5.74) is -0.770. The Morgan fingerprint density at radius 2 is 2.06 bits per heavy atom. The summed E-state index contributed by atoms with van der Waals surface area (Å²) in [6.07, 6.45) is -4.42. The van der Waals surface area contributed by atoms with Crippen LogP contribution in [0, 0.1) is 0 Å². The number of alkyl halides is 3. The van der Waals surface area contributed by atoms with Crippen LogP contribution >= 0.6 is 0 Å². The number of hydrogen-bond acceptors (Lipinski definition) is 4. The van der Waals surface area contributed by atoms with E-state index < -0.39 is 11.7 Å². The summed E-state index contributed by atoms with van der Waals surface area (Å²) in [6.45, 7) is 1.53. The molecule has 7 heteroatoms. The number of nitrogens with zero attached hydrogens (tertiary/aromatic N) is 2. The van der Waals surface area contributed by atoms with Crippen LogP contribution in [0.25, 0.3) is 0 Å². The molecule has 0 fully saturated rings. The lowest BCUT2D eigenvalue weighted by Gasteiger charge is -2.25. The lowest BCUT2D eigenvalue weighted by atomic mass is 10.2. The van der Waals surface area contributed by atoms with Gasteiger partial charge in [0.2, 0.25) is 0 Å². The van der Waals surface area contributed by atoms with Gasteiger partial charge in [0.05, 0.1) is 18.2 Å². The van der Waals surface area contributed by atoms with E-state index in [-0.39, 0.29) is 24.3 Å². The van der Waals surface area contributed by atoms with Gasteiger partial charge in [0, 0.05) is 14.1 Å². The molecule has 0 amide bonds. The average molecular weight is 263 g/mol. The Bertz CT molecular complexity index is 409. The Morgan fingerprint density at radius 3 is 2.50 bits per heavy atom. The Labute approximate surface area is 103 Å². The third-order valence-corrected chi connectivity index (χ3v) is 2.68. The number of likely N-dealkylation sites (N-methyl/N-ethyl adjacent to an activating group) is 1. The molecule has 0 aliphatic rings. The molecule has 0 saturated heterocycles. The molecule has 1 aromatic rings. The quantitative estimate of drug-likeness (QED) is 0.871. The standard InChI is InChI=1S/C11H16F3N3O/c1-7(6-18)17(3)10-5-8(11(12,13)14)4-9(15-2)16-10/h4-5,7,18H,6H2,1-3H3,(H,15,16). The van der Waals surface area contributed by atoms with E-state index in [1.54, 1.807) is 14.0 Å². The third kappa shape index (κ3) is 3.25. The highest BCUT2D eigenvalue weighted by Crippen LogP contribution is 2.32. The summed E-state index contributed by atoms with van der Waals surface area (Å²) < 4.78 is 38.1. The first-order chi connectivity index (χ1) is 8.29. The number of rotatable bonds is 4. The molecule has 0 aliphatic carbocycles. The van der Waals surface area contributed by atoms with Crippen molar-refractivity contribution in [3.63, 3.8) is 0 Å². The predicted octanol–water partition coefficient (Wildman–Crippen LogP) is 1.96. The molecule has 0 spiro atoms. The fraction of sp³-hybridized carbons (Fsp3) is 0.545. The number of nitrogens with one attached hydrogen (secondary N) is 1. The second kappa shape index (κ2) is 5.43. The van der Waals surface area contributed by atoms with Crippen molar-refractivity contribution in [2.45, 2.75) is 19.1 Å². The number of aliphatic hydroxyl groups excluding tert-OH is 1. The Kier molecular flexibility index (Phi) is 4.39. The van der Waals surface area contributed by atoms with Crippen LogP contribution < -0.4 is 10.2 Å². The van der Waals surface area contributed by atoms with Crippen molar-refractivity contribution in [1.29, 1.82) is 0 Å². The fourth-order valence-electron chi connectivity index (χ4n) is 1.34. The topological polar surface area (TPSA) is 48.4 Å². The molecular weight excluding hydrogens is 247 g/mol. The molecule has 1 rings (SSSR count). The van der Waals surface area contributed by atoms with E-state index in [0.717, 1.165) is 12.1 Å². The first kappa shape index (κ1) is 14.6. The van der Waals surface area contributed by atoms with E-state index in [0.29, 0.717) is 0 Å². The molecular formula is C11H16F3N3O. The summed E-state index contributed by atoms with van der Waals surface area (Å²) in [4.78, 5) is 5.53. The molecule has 0 radical (unpaired) electrons. The highest BCUT2D eigenvalue weighted by atomic mass is 19.4. The van der Waals surface area contributed by atoms with E-state index in [9.17, 15) is 13.2 Å². The molecule has 1 aromatic heterocycles. The smallest absolute Gasteiger partial charge is 0.394 e. The molecule has 2 N–H and O–H groups in total. The lowest BCUT2D eigenvalue weighted by molar-refractivity contribution is -0.137. The van der Waals surface area contributed by atoms with Gasteiger partial charge in [-0.05, 0) is 19.1 Å². The highest BCUT2D eigenvalue weighted by Gasteiger charge is 2.32. The maximum atomic E-state index is 12.7. The van der Waals surface area contributed by atoms with Gasteiger partial charge in [0.15, 0.2) is 0 Å². The Morgan fingerprint density at radius 1 is 1.44 bits per heavy atom. The van der Waals surface area contributed by atoms with Crippen LogP contribution in [0.5, 0.6) is 0 Å². The maximum absolute atomic E-state index is 12.7. The molecule has 1 atom stereocenters. The van der Waals surface area contributed by atoms with Gasteiger partial charge in [0.1, 0.15) is 11.6 Å². The van der Waals surface area contributed by atoms with Gasteiger partial charge in [-0.3, -0.25) is 0 Å². The number of halogens is 3. The van der Waals surface area contributed by atoms with Crippen LogP contribution in [0.1, 0.15) is 12.5 Å². The maximum Gasteiger partial charge on any atom is 0.416 e. The van der Waals surface area contributed by atoms with Crippen LogP contribution in [0.4, 0.5) is 24.8 Å². The van der Waals surface area contributed by atoms with Crippen LogP contribution in [0.15, 0.2) is 12.1 Å². The molecule has 4 nitrogen and oxygen atoms in total. The summed E-state index contributed by atoms with van der Waals surface area (Å²) in [6, 6.07) is 1.60. The van der Waals surface area contributed by atoms with Crippen molar-refractivity contribution in [3.05, 3.63) is 17.7 Å². The molecule has 1 heterocycles. The summed E-state index contributed by atoms with van der Waals surface area (Å²) in [7, 11) is 3.09. The van der Waals surface area contributed by atoms with Crippen LogP contribution in [-0.4, -0.2) is 36.8 Å². The van der Waals surface area contributed by atoms with Crippen LogP contribution in [-0.2, 0) is 6.18 Å². The van der Waals surface area contributed by atoms with E-state index in [1.807, 2.05) is 0 Å². The number of anilines is 2. The van der Waals surface area contributed by atoms with Gasteiger partial charge in [0.25, 0.3) is 0 Å². The molecule has 0 aliphatic heterocycles. The summed E-state index contributed by atoms with van der Waals surface area (Å²) in [5, 5.41) is 11.6. The normalized spacial score (nSPS) is 13.3. The molecule has 1 unspecified atom stereocenters. The average Bonchev–Trinajstić information content (AvgIpc) is 2.35. The van der Waals surface area contributed by atoms with Crippen molar-refractivity contribution in [2.75, 3.05) is 30.9 Å². The largest absolute Gasteiger partial charge is 0.416 e. The molecule has 0 saturated carbocycles. The molecule has 0 aromatic carbocycles. The minimum absolute atomic E-state index is 0.136. The predicted molar refractivity (Wildman–Crippen MR) is 63.7 cm³/mol. The van der Waals surface area contributed by atoms with Gasteiger partial charge < -0.3 is 15.3 Å². The van der Waals surface area contributed by atoms with Crippen molar-refractivity contribution >= 4 is 11.6 Å². The van der Waals surface area contributed by atoms with Crippen molar-refractivity contribution < 1.29 is 18.3 Å². The van der Waals surface area contributed by atoms with Crippen molar-refractivity contribution in [1.82, 2.24) is 4.98 Å². The molecule has 18 heavy (non-hydrogen) atoms. The van der Waals surface area contributed by atoms with Gasteiger partial charge in [-0.1, -0.05) is 0 Å². The van der Waals surface area contributed by atoms with Gasteiger partial charge in [-0.25, -0.2) is 4.98 Å². The second-order valence-electron chi connectivity index (χ2n) is 3.99. The number of hydrogen-bond donors (Lipinski definition) is 2. The van der Waals surface area contributed by atoms with Crippen molar-refractivity contribution in [3.8, 4) is 0 Å². The zero-order chi connectivity index (χ0) is 13.9. The second-order valence-corrected chi connectivity index (χ2v) is 3.99. The number of aliphatic hydroxyl groups is 1. The highest BCUT2D eigenvalue weighted by molar-refractivity contribution is 5.51.